The van der Waals surface area contributed by atoms with Crippen LogP contribution in [0.1, 0.15) is 63.0 Å². The van der Waals surface area contributed by atoms with E-state index in [1.165, 1.54) is 6.42 Å². The summed E-state index contributed by atoms with van der Waals surface area (Å²) in [7, 11) is 0. The van der Waals surface area contributed by atoms with Crippen molar-refractivity contribution in [3.63, 3.8) is 0 Å². The summed E-state index contributed by atoms with van der Waals surface area (Å²) in [4.78, 5) is 29.7. The number of rotatable bonds is 6. The van der Waals surface area contributed by atoms with Gasteiger partial charge in [0, 0.05) is 12.6 Å². The van der Waals surface area contributed by atoms with E-state index in [9.17, 15) is 9.59 Å². The standard InChI is InChI=1S/C28H35N3O3S/c1-5-34-21-11-9-20(10-12-21)16-31-26(32)24-15-25-23(13-14-35-25)30(24)17-28(31,4)27(33)29-22-8-6-7-18(2)19(22)3/h9-15,18-19,22H,5-8,16-17H2,1-4H3,(H,29,33)/t18-,19-,22-,28-/m1/s1. The Morgan fingerprint density at radius 2 is 1.97 bits per heavy atom. The molecule has 0 radical (unpaired) electrons. The lowest BCUT2D eigenvalue weighted by atomic mass is 9.77. The maximum absolute atomic E-state index is 14.0. The Morgan fingerprint density at radius 3 is 2.71 bits per heavy atom. The number of benzene rings is 1. The van der Waals surface area contributed by atoms with Crippen molar-refractivity contribution in [2.24, 2.45) is 11.8 Å². The van der Waals surface area contributed by atoms with E-state index in [1.54, 1.807) is 16.2 Å². The summed E-state index contributed by atoms with van der Waals surface area (Å²) in [5.74, 6) is 1.63. The molecular weight excluding hydrogens is 458 g/mol. The van der Waals surface area contributed by atoms with E-state index in [-0.39, 0.29) is 17.9 Å². The number of hydrogen-bond donors (Lipinski definition) is 1. The molecule has 1 aliphatic heterocycles. The first-order valence-electron chi connectivity index (χ1n) is 12.7. The number of nitrogens with one attached hydrogen (secondary N) is 1. The van der Waals surface area contributed by atoms with Crippen LogP contribution in [0, 0.1) is 11.8 Å². The van der Waals surface area contributed by atoms with Crippen LogP contribution in [-0.4, -0.2) is 39.5 Å². The minimum absolute atomic E-state index is 0.0644. The highest BCUT2D eigenvalue weighted by atomic mass is 32.1. The van der Waals surface area contributed by atoms with Gasteiger partial charge in [0.05, 0.1) is 23.4 Å². The molecule has 1 aliphatic carbocycles. The molecule has 1 fully saturated rings. The van der Waals surface area contributed by atoms with Crippen molar-refractivity contribution >= 4 is 33.4 Å². The molecule has 2 amide bonds. The summed E-state index contributed by atoms with van der Waals surface area (Å²) in [6, 6.07) is 12.0. The summed E-state index contributed by atoms with van der Waals surface area (Å²) >= 11 is 1.63. The quantitative estimate of drug-likeness (QED) is 0.496. The Hall–Kier alpha value is -2.80. The maximum atomic E-state index is 14.0. The van der Waals surface area contributed by atoms with Gasteiger partial charge >= 0.3 is 0 Å². The minimum atomic E-state index is -1.00. The highest BCUT2D eigenvalue weighted by Gasteiger charge is 2.48. The lowest BCUT2D eigenvalue weighted by Crippen LogP contribution is -2.65. The molecule has 35 heavy (non-hydrogen) atoms. The Bertz CT molecular complexity index is 1230. The zero-order chi connectivity index (χ0) is 24.7. The van der Waals surface area contributed by atoms with Crippen molar-refractivity contribution in [2.45, 2.75) is 71.6 Å². The van der Waals surface area contributed by atoms with Crippen molar-refractivity contribution in [2.75, 3.05) is 6.61 Å². The molecule has 3 heterocycles. The second-order valence-electron chi connectivity index (χ2n) is 10.4. The van der Waals surface area contributed by atoms with Gasteiger partial charge in [-0.25, -0.2) is 0 Å². The van der Waals surface area contributed by atoms with Crippen molar-refractivity contribution in [1.82, 2.24) is 14.8 Å². The zero-order valence-corrected chi connectivity index (χ0v) is 21.9. The summed E-state index contributed by atoms with van der Waals surface area (Å²) in [5.41, 5.74) is 1.65. The predicted molar refractivity (Wildman–Crippen MR) is 140 cm³/mol. The number of thiophene rings is 1. The van der Waals surface area contributed by atoms with E-state index >= 15 is 0 Å². The highest BCUT2D eigenvalue weighted by molar-refractivity contribution is 7.17. The molecule has 0 spiro atoms. The Morgan fingerprint density at radius 1 is 1.20 bits per heavy atom. The number of ether oxygens (including phenoxy) is 1. The van der Waals surface area contributed by atoms with Crippen molar-refractivity contribution in [3.8, 4) is 5.75 Å². The number of carbonyl (C=O) groups excluding carboxylic acids is 2. The molecule has 6 nitrogen and oxygen atoms in total. The van der Waals surface area contributed by atoms with Crippen LogP contribution >= 0.6 is 11.3 Å². The predicted octanol–water partition coefficient (Wildman–Crippen LogP) is 5.46. The molecule has 7 heteroatoms. The average Bonchev–Trinajstić information content (AvgIpc) is 3.43. The van der Waals surface area contributed by atoms with Crippen LogP contribution in [0.2, 0.25) is 0 Å². The molecule has 2 aromatic heterocycles. The fourth-order valence-corrected chi connectivity index (χ4v) is 6.49. The fraction of sp³-hybridized carbons (Fsp3) is 0.500. The van der Waals surface area contributed by atoms with E-state index in [1.807, 2.05) is 60.2 Å². The lowest BCUT2D eigenvalue weighted by Gasteiger charge is -2.45. The number of aromatic nitrogens is 1. The molecule has 3 aromatic rings. The third-order valence-electron chi connectivity index (χ3n) is 8.14. The van der Waals surface area contributed by atoms with Crippen LogP contribution in [0.25, 0.3) is 10.2 Å². The third-order valence-corrected chi connectivity index (χ3v) is 8.99. The van der Waals surface area contributed by atoms with E-state index in [4.69, 9.17) is 4.74 Å². The molecule has 2 aliphatic rings. The first-order chi connectivity index (χ1) is 16.8. The van der Waals surface area contributed by atoms with Gasteiger partial charge in [-0.1, -0.05) is 38.8 Å². The molecule has 1 saturated carbocycles. The molecular formula is C28H35N3O3S. The Labute approximate surface area is 211 Å². The van der Waals surface area contributed by atoms with E-state index < -0.39 is 5.54 Å². The van der Waals surface area contributed by atoms with Crippen LogP contribution < -0.4 is 10.1 Å². The number of carbonyl (C=O) groups is 2. The van der Waals surface area contributed by atoms with Crippen molar-refractivity contribution < 1.29 is 14.3 Å². The molecule has 1 aromatic carbocycles. The maximum Gasteiger partial charge on any atom is 0.271 e. The largest absolute Gasteiger partial charge is 0.494 e. The van der Waals surface area contributed by atoms with E-state index in [0.717, 1.165) is 34.4 Å². The minimum Gasteiger partial charge on any atom is -0.494 e. The molecule has 1 N–H and O–H groups in total. The van der Waals surface area contributed by atoms with Gasteiger partial charge in [-0.2, -0.15) is 0 Å². The topological polar surface area (TPSA) is 63.6 Å². The number of nitrogens with zero attached hydrogens (tertiary/aromatic N) is 2. The second-order valence-corrected chi connectivity index (χ2v) is 11.3. The molecule has 5 rings (SSSR count). The third kappa shape index (κ3) is 4.24. The SMILES string of the molecule is CCOc1ccc(CN2C(=O)c3cc4sccc4n3C[C@]2(C)C(=O)N[C@@H]2CCC[C@@H](C)[C@H]2C)cc1. The van der Waals surface area contributed by atoms with Gasteiger partial charge in [-0.15, -0.1) is 11.3 Å². The molecule has 4 atom stereocenters. The summed E-state index contributed by atoms with van der Waals surface area (Å²) in [6.45, 7) is 9.80. The first kappa shape index (κ1) is 23.9. The molecule has 186 valence electrons. The number of hydrogen-bond acceptors (Lipinski definition) is 4. The Kier molecular flexibility index (Phi) is 6.38. The Balaban J connectivity index is 1.49. The van der Waals surface area contributed by atoms with Gasteiger partial charge < -0.3 is 19.5 Å². The molecule has 0 saturated heterocycles. The fourth-order valence-electron chi connectivity index (χ4n) is 5.67. The molecule has 0 bridgehead atoms. The number of amides is 2. The van der Waals surface area contributed by atoms with E-state index in [0.29, 0.717) is 37.2 Å². The van der Waals surface area contributed by atoms with Gasteiger partial charge in [-0.05, 0) is 67.3 Å². The van der Waals surface area contributed by atoms with Crippen LogP contribution in [0.4, 0.5) is 0 Å². The first-order valence-corrected chi connectivity index (χ1v) is 13.6. The van der Waals surface area contributed by atoms with Crippen LogP contribution in [-0.2, 0) is 17.9 Å². The van der Waals surface area contributed by atoms with Crippen LogP contribution in [0.5, 0.6) is 5.75 Å². The van der Waals surface area contributed by atoms with Gasteiger partial charge in [0.2, 0.25) is 5.91 Å². The van der Waals surface area contributed by atoms with Crippen molar-refractivity contribution in [3.05, 3.63) is 53.0 Å². The summed E-state index contributed by atoms with van der Waals surface area (Å²) < 4.78 is 8.69. The van der Waals surface area contributed by atoms with Gasteiger partial charge in [0.25, 0.3) is 5.91 Å². The van der Waals surface area contributed by atoms with Gasteiger partial charge in [0.1, 0.15) is 17.0 Å². The zero-order valence-electron chi connectivity index (χ0n) is 21.0. The van der Waals surface area contributed by atoms with Crippen molar-refractivity contribution in [1.29, 1.82) is 0 Å². The van der Waals surface area contributed by atoms with Gasteiger partial charge in [0.15, 0.2) is 0 Å². The van der Waals surface area contributed by atoms with Gasteiger partial charge in [-0.3, -0.25) is 9.59 Å². The summed E-state index contributed by atoms with van der Waals surface area (Å²) in [6.07, 6.45) is 3.32. The average molecular weight is 494 g/mol. The second kappa shape index (κ2) is 9.34. The van der Waals surface area contributed by atoms with Crippen LogP contribution in [0.15, 0.2) is 41.8 Å². The monoisotopic (exact) mass is 493 g/mol. The highest BCUT2D eigenvalue weighted by Crippen LogP contribution is 2.36. The normalized spacial score (nSPS) is 26.6. The lowest BCUT2D eigenvalue weighted by molar-refractivity contribution is -0.134. The van der Waals surface area contributed by atoms with Crippen LogP contribution in [0.3, 0.4) is 0 Å². The molecule has 0 unspecified atom stereocenters. The number of fused-ring (bicyclic) bond motifs is 3. The smallest absolute Gasteiger partial charge is 0.271 e. The summed E-state index contributed by atoms with van der Waals surface area (Å²) in [5, 5.41) is 5.41. The van der Waals surface area contributed by atoms with E-state index in [2.05, 4.69) is 19.2 Å².